The molecule has 0 fully saturated rings. The zero-order valence-electron chi connectivity index (χ0n) is 10.7. The summed E-state index contributed by atoms with van der Waals surface area (Å²) in [5, 5.41) is 10.5. The van der Waals surface area contributed by atoms with Crippen LogP contribution in [0.2, 0.25) is 0 Å². The third-order valence-electron chi connectivity index (χ3n) is 2.94. The molecule has 1 amide bonds. The Hall–Kier alpha value is -2.13. The van der Waals surface area contributed by atoms with E-state index in [0.29, 0.717) is 12.1 Å². The van der Waals surface area contributed by atoms with Crippen molar-refractivity contribution in [1.29, 1.82) is 0 Å². The van der Waals surface area contributed by atoms with Crippen molar-refractivity contribution in [2.45, 2.75) is 19.3 Å². The maximum absolute atomic E-state index is 11.8. The van der Waals surface area contributed by atoms with E-state index in [9.17, 15) is 10.0 Å². The summed E-state index contributed by atoms with van der Waals surface area (Å²) in [4.78, 5) is 11.8. The van der Waals surface area contributed by atoms with Crippen LogP contribution in [0.25, 0.3) is 0 Å². The van der Waals surface area contributed by atoms with Gasteiger partial charge in [0.05, 0.1) is 5.69 Å². The number of benzene rings is 2. The van der Waals surface area contributed by atoms with Crippen LogP contribution >= 0.6 is 0 Å². The monoisotopic (exact) mass is 255 g/mol. The molecular weight excluding hydrogens is 238 g/mol. The average molecular weight is 255 g/mol. The van der Waals surface area contributed by atoms with Gasteiger partial charge in [-0.3, -0.25) is 10.0 Å². The molecular formula is C16H17NO2. The van der Waals surface area contributed by atoms with Crippen LogP contribution < -0.4 is 5.06 Å². The highest BCUT2D eigenvalue weighted by Gasteiger charge is 2.12. The summed E-state index contributed by atoms with van der Waals surface area (Å²) < 4.78 is 0. The molecule has 0 bridgehead atoms. The van der Waals surface area contributed by atoms with Crippen LogP contribution in [0.4, 0.5) is 5.69 Å². The van der Waals surface area contributed by atoms with Crippen LogP contribution in [0.3, 0.4) is 0 Å². The van der Waals surface area contributed by atoms with E-state index < -0.39 is 0 Å². The van der Waals surface area contributed by atoms with Gasteiger partial charge in [-0.2, -0.15) is 5.06 Å². The van der Waals surface area contributed by atoms with Gasteiger partial charge in [0.15, 0.2) is 0 Å². The molecule has 0 radical (unpaired) electrons. The molecule has 3 heteroatoms. The minimum Gasteiger partial charge on any atom is -0.281 e. The molecule has 0 aliphatic rings. The van der Waals surface area contributed by atoms with Gasteiger partial charge >= 0.3 is 0 Å². The van der Waals surface area contributed by atoms with Crippen molar-refractivity contribution in [3.8, 4) is 0 Å². The lowest BCUT2D eigenvalue weighted by molar-refractivity contribution is -0.123. The molecule has 0 aliphatic heterocycles. The Morgan fingerprint density at radius 2 is 1.53 bits per heavy atom. The predicted molar refractivity (Wildman–Crippen MR) is 75.1 cm³/mol. The number of hydrogen-bond acceptors (Lipinski definition) is 2. The molecule has 2 rings (SSSR count). The van der Waals surface area contributed by atoms with Gasteiger partial charge in [0.25, 0.3) is 5.91 Å². The zero-order valence-corrected chi connectivity index (χ0v) is 10.7. The summed E-state index contributed by atoms with van der Waals surface area (Å²) >= 11 is 0. The Kier molecular flexibility index (Phi) is 4.70. The number of hydrogen-bond donors (Lipinski definition) is 1. The van der Waals surface area contributed by atoms with Gasteiger partial charge in [-0.25, -0.2) is 0 Å². The topological polar surface area (TPSA) is 40.5 Å². The molecule has 0 saturated heterocycles. The zero-order chi connectivity index (χ0) is 13.5. The van der Waals surface area contributed by atoms with Gasteiger partial charge in [-0.1, -0.05) is 48.5 Å². The van der Waals surface area contributed by atoms with Gasteiger partial charge in [0.2, 0.25) is 0 Å². The fourth-order valence-corrected chi connectivity index (χ4v) is 1.91. The largest absolute Gasteiger partial charge is 0.281 e. The molecule has 0 spiro atoms. The number of carbonyl (C=O) groups excluding carboxylic acids is 1. The second-order valence-electron chi connectivity index (χ2n) is 4.38. The lowest BCUT2D eigenvalue weighted by Crippen LogP contribution is -2.26. The molecule has 1 N–H and O–H groups in total. The van der Waals surface area contributed by atoms with E-state index in [2.05, 4.69) is 0 Å². The van der Waals surface area contributed by atoms with E-state index in [0.717, 1.165) is 17.9 Å². The molecule has 0 unspecified atom stereocenters. The summed E-state index contributed by atoms with van der Waals surface area (Å²) in [6, 6.07) is 18.8. The van der Waals surface area contributed by atoms with Crippen molar-refractivity contribution in [2.24, 2.45) is 0 Å². The molecule has 0 heterocycles. The summed E-state index contributed by atoms with van der Waals surface area (Å²) in [7, 11) is 0. The first-order chi connectivity index (χ1) is 9.27. The van der Waals surface area contributed by atoms with Crippen molar-refractivity contribution in [1.82, 2.24) is 0 Å². The van der Waals surface area contributed by atoms with Crippen LogP contribution in [-0.2, 0) is 11.2 Å². The van der Waals surface area contributed by atoms with Crippen LogP contribution in [0.5, 0.6) is 0 Å². The first kappa shape index (κ1) is 13.3. The van der Waals surface area contributed by atoms with Gasteiger partial charge in [0.1, 0.15) is 0 Å². The summed E-state index contributed by atoms with van der Waals surface area (Å²) in [6.07, 6.45) is 1.90. The lowest BCUT2D eigenvalue weighted by atomic mass is 10.1. The number of amides is 1. The maximum atomic E-state index is 11.8. The van der Waals surface area contributed by atoms with E-state index in [-0.39, 0.29) is 5.91 Å². The van der Waals surface area contributed by atoms with Crippen LogP contribution in [0.1, 0.15) is 18.4 Å². The van der Waals surface area contributed by atoms with Gasteiger partial charge < -0.3 is 0 Å². The standard InChI is InChI=1S/C16H17NO2/c18-16(17(19)15-11-5-2-6-12-15)13-7-10-14-8-3-1-4-9-14/h1-6,8-9,11-12,19H,7,10,13H2. The van der Waals surface area contributed by atoms with Gasteiger partial charge in [-0.05, 0) is 30.5 Å². The number of anilines is 1. The fraction of sp³-hybridized carbons (Fsp3) is 0.188. The quantitative estimate of drug-likeness (QED) is 0.657. The Morgan fingerprint density at radius 1 is 0.947 bits per heavy atom. The maximum Gasteiger partial charge on any atom is 0.250 e. The first-order valence-corrected chi connectivity index (χ1v) is 6.38. The second kappa shape index (κ2) is 6.71. The van der Waals surface area contributed by atoms with E-state index in [1.807, 2.05) is 36.4 Å². The molecule has 0 aliphatic carbocycles. The minimum atomic E-state index is -0.276. The first-order valence-electron chi connectivity index (χ1n) is 6.38. The molecule has 0 saturated carbocycles. The third kappa shape index (κ3) is 3.93. The number of para-hydroxylation sites is 1. The molecule has 0 aromatic heterocycles. The van der Waals surface area contributed by atoms with Gasteiger partial charge in [-0.15, -0.1) is 0 Å². The smallest absolute Gasteiger partial charge is 0.250 e. The number of nitrogens with zero attached hydrogens (tertiary/aromatic N) is 1. The van der Waals surface area contributed by atoms with E-state index in [1.54, 1.807) is 24.3 Å². The van der Waals surface area contributed by atoms with E-state index in [1.165, 1.54) is 5.56 Å². The lowest BCUT2D eigenvalue weighted by Gasteiger charge is -2.14. The Balaban J connectivity index is 1.82. The fourth-order valence-electron chi connectivity index (χ4n) is 1.91. The molecule has 3 nitrogen and oxygen atoms in total. The Labute approximate surface area is 113 Å². The molecule has 19 heavy (non-hydrogen) atoms. The Morgan fingerprint density at radius 3 is 2.16 bits per heavy atom. The van der Waals surface area contributed by atoms with Crippen LogP contribution in [0.15, 0.2) is 60.7 Å². The van der Waals surface area contributed by atoms with Crippen molar-refractivity contribution >= 4 is 11.6 Å². The van der Waals surface area contributed by atoms with Crippen LogP contribution in [-0.4, -0.2) is 11.1 Å². The van der Waals surface area contributed by atoms with Crippen molar-refractivity contribution in [3.63, 3.8) is 0 Å². The molecule has 2 aromatic rings. The summed E-state index contributed by atoms with van der Waals surface area (Å²) in [5.74, 6) is -0.276. The predicted octanol–water partition coefficient (Wildman–Crippen LogP) is 3.43. The molecule has 98 valence electrons. The van der Waals surface area contributed by atoms with Crippen molar-refractivity contribution < 1.29 is 10.0 Å². The normalized spacial score (nSPS) is 10.2. The highest BCUT2D eigenvalue weighted by Crippen LogP contribution is 2.13. The van der Waals surface area contributed by atoms with E-state index >= 15 is 0 Å². The minimum absolute atomic E-state index is 0.276. The highest BCUT2D eigenvalue weighted by molar-refractivity contribution is 5.90. The summed E-state index contributed by atoms with van der Waals surface area (Å²) in [6.45, 7) is 0. The third-order valence-corrected chi connectivity index (χ3v) is 2.94. The Bertz CT molecular complexity index is 511. The average Bonchev–Trinajstić information content (AvgIpc) is 2.48. The van der Waals surface area contributed by atoms with E-state index in [4.69, 9.17) is 0 Å². The van der Waals surface area contributed by atoms with Crippen molar-refractivity contribution in [2.75, 3.05) is 5.06 Å². The number of carbonyl (C=O) groups is 1. The number of aryl methyl sites for hydroxylation is 1. The molecule has 0 atom stereocenters. The second-order valence-corrected chi connectivity index (χ2v) is 4.38. The van der Waals surface area contributed by atoms with Crippen LogP contribution in [0, 0.1) is 0 Å². The van der Waals surface area contributed by atoms with Crippen molar-refractivity contribution in [3.05, 3.63) is 66.2 Å². The SMILES string of the molecule is O=C(CCCc1ccccc1)N(O)c1ccccc1. The number of rotatable bonds is 5. The number of hydroxylamine groups is 1. The highest BCUT2D eigenvalue weighted by atomic mass is 16.5. The van der Waals surface area contributed by atoms with Gasteiger partial charge in [0, 0.05) is 6.42 Å². The summed E-state index contributed by atoms with van der Waals surface area (Å²) in [5.41, 5.74) is 1.71. The molecule has 2 aromatic carbocycles.